The first-order chi connectivity index (χ1) is 14.4. The molecule has 1 aliphatic heterocycles. The van der Waals surface area contributed by atoms with Crippen molar-refractivity contribution in [3.05, 3.63) is 95.1 Å². The smallest absolute Gasteiger partial charge is 0.300 e. The molecule has 0 bridgehead atoms. The summed E-state index contributed by atoms with van der Waals surface area (Å²) in [7, 11) is 0. The molecular formula is C23H17FN2O4. The second-order valence-electron chi connectivity index (χ2n) is 6.91. The lowest BCUT2D eigenvalue weighted by Crippen LogP contribution is -2.29. The van der Waals surface area contributed by atoms with Gasteiger partial charge in [-0.05, 0) is 54.4 Å². The molecule has 6 nitrogen and oxygen atoms in total. The third-order valence-electron chi connectivity index (χ3n) is 5.02. The van der Waals surface area contributed by atoms with Crippen molar-refractivity contribution in [1.82, 2.24) is 4.98 Å². The van der Waals surface area contributed by atoms with E-state index in [1.165, 1.54) is 43.5 Å². The van der Waals surface area contributed by atoms with Gasteiger partial charge in [-0.25, -0.2) is 4.39 Å². The summed E-state index contributed by atoms with van der Waals surface area (Å²) in [6, 6.07) is 12.3. The monoisotopic (exact) mass is 404 g/mol. The SMILES string of the molecule is Cc1cc(/C(O)=C2/C(=O)C(=O)N(c3ccccc3O)C2c2cccnc2)ccc1F. The Morgan fingerprint density at radius 1 is 1.10 bits per heavy atom. The first-order valence-electron chi connectivity index (χ1n) is 9.15. The molecule has 1 fully saturated rings. The van der Waals surface area contributed by atoms with E-state index < -0.39 is 29.3 Å². The molecule has 0 radical (unpaired) electrons. The Kier molecular flexibility index (Phi) is 4.79. The van der Waals surface area contributed by atoms with Crippen molar-refractivity contribution in [3.63, 3.8) is 0 Å². The molecule has 1 aromatic heterocycles. The molecule has 1 aliphatic rings. The third-order valence-corrected chi connectivity index (χ3v) is 5.02. The maximum Gasteiger partial charge on any atom is 0.300 e. The van der Waals surface area contributed by atoms with Crippen LogP contribution in [0.5, 0.6) is 5.75 Å². The van der Waals surface area contributed by atoms with Gasteiger partial charge in [0, 0.05) is 18.0 Å². The van der Waals surface area contributed by atoms with Crippen molar-refractivity contribution in [2.45, 2.75) is 13.0 Å². The van der Waals surface area contributed by atoms with E-state index in [4.69, 9.17) is 0 Å². The fourth-order valence-corrected chi connectivity index (χ4v) is 3.55. The van der Waals surface area contributed by atoms with Crippen LogP contribution >= 0.6 is 0 Å². The van der Waals surface area contributed by atoms with Crippen LogP contribution in [0.2, 0.25) is 0 Å². The van der Waals surface area contributed by atoms with Gasteiger partial charge in [-0.2, -0.15) is 0 Å². The average Bonchev–Trinajstić information content (AvgIpc) is 3.01. The summed E-state index contributed by atoms with van der Waals surface area (Å²) in [6.07, 6.45) is 3.02. The molecule has 2 aromatic carbocycles. The van der Waals surface area contributed by atoms with E-state index in [2.05, 4.69) is 4.98 Å². The number of phenols is 1. The van der Waals surface area contributed by atoms with Crippen molar-refractivity contribution < 1.29 is 24.2 Å². The molecule has 4 rings (SSSR count). The van der Waals surface area contributed by atoms with Crippen LogP contribution in [0.4, 0.5) is 10.1 Å². The van der Waals surface area contributed by atoms with Crippen LogP contribution in [-0.2, 0) is 9.59 Å². The van der Waals surface area contributed by atoms with Crippen LogP contribution in [-0.4, -0.2) is 26.9 Å². The summed E-state index contributed by atoms with van der Waals surface area (Å²) in [6.45, 7) is 1.53. The molecule has 30 heavy (non-hydrogen) atoms. The highest BCUT2D eigenvalue weighted by Gasteiger charge is 2.47. The lowest BCUT2D eigenvalue weighted by molar-refractivity contribution is -0.132. The van der Waals surface area contributed by atoms with Gasteiger partial charge in [0.2, 0.25) is 0 Å². The minimum Gasteiger partial charge on any atom is -0.507 e. The molecule has 1 atom stereocenters. The van der Waals surface area contributed by atoms with Gasteiger partial charge in [0.05, 0.1) is 17.3 Å². The summed E-state index contributed by atoms with van der Waals surface area (Å²) in [4.78, 5) is 31.1. The van der Waals surface area contributed by atoms with Gasteiger partial charge >= 0.3 is 0 Å². The molecule has 1 amide bonds. The fourth-order valence-electron chi connectivity index (χ4n) is 3.55. The second-order valence-corrected chi connectivity index (χ2v) is 6.91. The number of amides is 1. The number of hydrogen-bond donors (Lipinski definition) is 2. The summed E-state index contributed by atoms with van der Waals surface area (Å²) in [5, 5.41) is 21.3. The van der Waals surface area contributed by atoms with Crippen LogP contribution in [0, 0.1) is 12.7 Å². The lowest BCUT2D eigenvalue weighted by atomic mass is 9.95. The number of pyridine rings is 1. The van der Waals surface area contributed by atoms with E-state index in [1.807, 2.05) is 0 Å². The van der Waals surface area contributed by atoms with Gasteiger partial charge in [-0.1, -0.05) is 18.2 Å². The van der Waals surface area contributed by atoms with E-state index in [9.17, 15) is 24.2 Å². The number of halogens is 1. The van der Waals surface area contributed by atoms with Crippen LogP contribution < -0.4 is 4.90 Å². The number of aryl methyl sites for hydroxylation is 1. The highest BCUT2D eigenvalue weighted by Crippen LogP contribution is 2.44. The molecule has 7 heteroatoms. The molecule has 2 N–H and O–H groups in total. The first kappa shape index (κ1) is 19.3. The first-order valence-corrected chi connectivity index (χ1v) is 9.15. The number of aliphatic hydroxyl groups excluding tert-OH is 1. The minimum absolute atomic E-state index is 0.128. The zero-order valence-electron chi connectivity index (χ0n) is 15.9. The molecule has 0 saturated carbocycles. The Bertz CT molecular complexity index is 1190. The van der Waals surface area contributed by atoms with Gasteiger partial charge in [0.25, 0.3) is 11.7 Å². The number of aromatic nitrogens is 1. The normalized spacial score (nSPS) is 18.1. The zero-order valence-corrected chi connectivity index (χ0v) is 15.9. The summed E-state index contributed by atoms with van der Waals surface area (Å²) < 4.78 is 13.7. The molecule has 0 aliphatic carbocycles. The highest BCUT2D eigenvalue weighted by atomic mass is 19.1. The van der Waals surface area contributed by atoms with Gasteiger partial charge < -0.3 is 10.2 Å². The number of para-hydroxylation sites is 2. The molecule has 0 spiro atoms. The number of benzene rings is 2. The number of aromatic hydroxyl groups is 1. The van der Waals surface area contributed by atoms with Crippen LogP contribution in [0.25, 0.3) is 5.76 Å². The Hall–Kier alpha value is -4.00. The van der Waals surface area contributed by atoms with Crippen molar-refractivity contribution in [2.75, 3.05) is 4.90 Å². The molecule has 150 valence electrons. The van der Waals surface area contributed by atoms with Crippen LogP contribution in [0.3, 0.4) is 0 Å². The Morgan fingerprint density at radius 2 is 1.87 bits per heavy atom. The Morgan fingerprint density at radius 3 is 2.53 bits per heavy atom. The van der Waals surface area contributed by atoms with E-state index in [-0.39, 0.29) is 28.1 Å². The molecule has 1 unspecified atom stereocenters. The topological polar surface area (TPSA) is 90.7 Å². The minimum atomic E-state index is -1.02. The van der Waals surface area contributed by atoms with Gasteiger partial charge in [0.1, 0.15) is 17.3 Å². The van der Waals surface area contributed by atoms with E-state index in [0.717, 1.165) is 4.90 Å². The molecule has 3 aromatic rings. The van der Waals surface area contributed by atoms with Crippen LogP contribution in [0.1, 0.15) is 22.7 Å². The summed E-state index contributed by atoms with van der Waals surface area (Å²) in [5.41, 5.74) is 0.926. The number of aliphatic hydroxyl groups is 1. The number of hydrogen-bond acceptors (Lipinski definition) is 5. The standard InChI is InChI=1S/C23H17FN2O4/c1-13-11-14(8-9-16(13)24)21(28)19-20(15-5-4-10-25-12-15)26(23(30)22(19)29)17-6-2-3-7-18(17)27/h2-12,20,27-28H,1H3/b21-19-. The second kappa shape index (κ2) is 7.44. The molecular weight excluding hydrogens is 387 g/mol. The van der Waals surface area contributed by atoms with Gasteiger partial charge in [0.15, 0.2) is 0 Å². The maximum atomic E-state index is 13.7. The third kappa shape index (κ3) is 3.10. The number of ketones is 1. The largest absolute Gasteiger partial charge is 0.507 e. The van der Waals surface area contributed by atoms with E-state index in [1.54, 1.807) is 30.5 Å². The number of Topliss-reactive ketones (excluding diaryl/α,β-unsaturated/α-hetero) is 1. The maximum absolute atomic E-state index is 13.7. The molecule has 2 heterocycles. The van der Waals surface area contributed by atoms with Crippen molar-refractivity contribution >= 4 is 23.1 Å². The Labute approximate surface area is 171 Å². The van der Waals surface area contributed by atoms with Crippen molar-refractivity contribution in [3.8, 4) is 5.75 Å². The number of carbonyl (C=O) groups excluding carboxylic acids is 2. The number of nitrogens with zero attached hydrogens (tertiary/aromatic N) is 2. The zero-order chi connectivity index (χ0) is 21.4. The lowest BCUT2D eigenvalue weighted by Gasteiger charge is -2.25. The average molecular weight is 404 g/mol. The van der Waals surface area contributed by atoms with E-state index in [0.29, 0.717) is 5.56 Å². The summed E-state index contributed by atoms with van der Waals surface area (Å²) >= 11 is 0. The van der Waals surface area contributed by atoms with Gasteiger partial charge in [-0.15, -0.1) is 0 Å². The van der Waals surface area contributed by atoms with Crippen molar-refractivity contribution in [2.24, 2.45) is 0 Å². The molecule has 1 saturated heterocycles. The van der Waals surface area contributed by atoms with Crippen molar-refractivity contribution in [1.29, 1.82) is 0 Å². The number of carbonyl (C=O) groups is 2. The predicted octanol–water partition coefficient (Wildman–Crippen LogP) is 3.86. The van der Waals surface area contributed by atoms with Crippen LogP contribution in [0.15, 0.2) is 72.6 Å². The Balaban J connectivity index is 1.97. The number of rotatable bonds is 3. The fraction of sp³-hybridized carbons (Fsp3) is 0.0870. The quantitative estimate of drug-likeness (QED) is 0.393. The highest BCUT2D eigenvalue weighted by molar-refractivity contribution is 6.51. The number of phenolic OH excluding ortho intramolecular Hbond substituents is 1. The van der Waals surface area contributed by atoms with E-state index >= 15 is 0 Å². The number of anilines is 1. The predicted molar refractivity (Wildman–Crippen MR) is 108 cm³/mol. The summed E-state index contributed by atoms with van der Waals surface area (Å²) in [5.74, 6) is -2.88. The van der Waals surface area contributed by atoms with Gasteiger partial charge in [-0.3, -0.25) is 19.5 Å².